The molecule has 1 rings (SSSR count). The van der Waals surface area contributed by atoms with Crippen molar-refractivity contribution in [1.29, 1.82) is 0 Å². The number of rotatable bonds is 10. The summed E-state index contributed by atoms with van der Waals surface area (Å²) in [6.07, 6.45) is 3.52. The van der Waals surface area contributed by atoms with Crippen LogP contribution in [0.1, 0.15) is 63.7 Å². The van der Waals surface area contributed by atoms with E-state index in [9.17, 15) is 9.59 Å². The van der Waals surface area contributed by atoms with Gasteiger partial charge in [-0.1, -0.05) is 12.8 Å². The van der Waals surface area contributed by atoms with Crippen molar-refractivity contribution in [1.82, 2.24) is 5.32 Å². The molecule has 0 heterocycles. The summed E-state index contributed by atoms with van der Waals surface area (Å²) >= 11 is 0. The molecule has 1 N–H and O–H groups in total. The number of benzene rings is 1. The number of hydrogen-bond donors (Lipinski definition) is 1. The van der Waals surface area contributed by atoms with Crippen molar-refractivity contribution in [3.63, 3.8) is 0 Å². The average Bonchev–Trinajstić information content (AvgIpc) is 2.56. The Labute approximate surface area is 156 Å². The van der Waals surface area contributed by atoms with Crippen LogP contribution in [0.4, 0.5) is 4.79 Å². The molecule has 0 aliphatic rings. The molecule has 0 bridgehead atoms. The molecule has 0 aliphatic heterocycles. The lowest BCUT2D eigenvalue weighted by Gasteiger charge is -2.19. The zero-order valence-corrected chi connectivity index (χ0v) is 16.3. The van der Waals surface area contributed by atoms with Crippen LogP contribution in [0.2, 0.25) is 0 Å². The van der Waals surface area contributed by atoms with Crippen LogP contribution in [0.15, 0.2) is 24.3 Å². The fourth-order valence-corrected chi connectivity index (χ4v) is 2.18. The molecule has 0 spiro atoms. The van der Waals surface area contributed by atoms with E-state index in [0.717, 1.165) is 31.4 Å². The molecule has 1 aromatic carbocycles. The van der Waals surface area contributed by atoms with Crippen molar-refractivity contribution in [2.24, 2.45) is 0 Å². The van der Waals surface area contributed by atoms with Gasteiger partial charge >= 0.3 is 12.1 Å². The molecule has 0 radical (unpaired) electrons. The third-order valence-electron chi connectivity index (χ3n) is 3.37. The molecule has 1 aromatic rings. The van der Waals surface area contributed by atoms with Crippen LogP contribution in [-0.2, 0) is 9.47 Å². The Morgan fingerprint density at radius 3 is 2.27 bits per heavy atom. The first-order valence-electron chi connectivity index (χ1n) is 9.18. The molecule has 0 fully saturated rings. The predicted octanol–water partition coefficient (Wildman–Crippen LogP) is 4.33. The van der Waals surface area contributed by atoms with Gasteiger partial charge < -0.3 is 19.5 Å². The Kier molecular flexibility index (Phi) is 9.55. The molecule has 0 atom stereocenters. The lowest BCUT2D eigenvalue weighted by atomic mass is 10.2. The van der Waals surface area contributed by atoms with Gasteiger partial charge in [0.1, 0.15) is 11.4 Å². The van der Waals surface area contributed by atoms with Crippen molar-refractivity contribution in [2.75, 3.05) is 19.8 Å². The quantitative estimate of drug-likeness (QED) is 0.493. The van der Waals surface area contributed by atoms with E-state index in [4.69, 9.17) is 14.2 Å². The molecule has 0 aliphatic carbocycles. The number of ether oxygens (including phenoxy) is 3. The second-order valence-electron chi connectivity index (χ2n) is 6.94. The number of nitrogens with one attached hydrogen (secondary N) is 1. The second kappa shape index (κ2) is 11.4. The van der Waals surface area contributed by atoms with E-state index in [-0.39, 0.29) is 12.1 Å². The molecule has 0 unspecified atom stereocenters. The number of unbranched alkanes of at least 4 members (excludes halogenated alkanes) is 3. The molecular formula is C20H31NO5. The van der Waals surface area contributed by atoms with Gasteiger partial charge in [-0.15, -0.1) is 0 Å². The highest BCUT2D eigenvalue weighted by Crippen LogP contribution is 2.14. The Balaban J connectivity index is 2.07. The molecule has 146 valence electrons. The van der Waals surface area contributed by atoms with Gasteiger partial charge in [0.2, 0.25) is 0 Å². The highest BCUT2D eigenvalue weighted by atomic mass is 16.6. The van der Waals surface area contributed by atoms with E-state index < -0.39 is 5.60 Å². The van der Waals surface area contributed by atoms with Gasteiger partial charge in [-0.3, -0.25) is 0 Å². The minimum absolute atomic E-state index is 0.320. The monoisotopic (exact) mass is 365 g/mol. The fraction of sp³-hybridized carbons (Fsp3) is 0.600. The first kappa shape index (κ1) is 21.8. The topological polar surface area (TPSA) is 73.9 Å². The fourth-order valence-electron chi connectivity index (χ4n) is 2.18. The van der Waals surface area contributed by atoms with Gasteiger partial charge in [-0.2, -0.15) is 0 Å². The largest absolute Gasteiger partial charge is 0.494 e. The normalized spacial score (nSPS) is 10.9. The molecule has 6 heteroatoms. The van der Waals surface area contributed by atoms with Crippen molar-refractivity contribution in [2.45, 2.75) is 59.0 Å². The molecular weight excluding hydrogens is 334 g/mol. The van der Waals surface area contributed by atoms with Gasteiger partial charge in [0, 0.05) is 6.54 Å². The van der Waals surface area contributed by atoms with Gasteiger partial charge in [-0.05, 0) is 64.8 Å². The number of hydrogen-bond acceptors (Lipinski definition) is 5. The Morgan fingerprint density at radius 1 is 1.00 bits per heavy atom. The van der Waals surface area contributed by atoms with Crippen LogP contribution < -0.4 is 10.1 Å². The van der Waals surface area contributed by atoms with E-state index in [0.29, 0.717) is 25.3 Å². The van der Waals surface area contributed by atoms with E-state index in [1.807, 2.05) is 20.8 Å². The first-order chi connectivity index (χ1) is 12.3. The average molecular weight is 365 g/mol. The molecule has 0 saturated heterocycles. The van der Waals surface area contributed by atoms with Crippen LogP contribution in [-0.4, -0.2) is 37.4 Å². The first-order valence-corrected chi connectivity index (χ1v) is 9.18. The summed E-state index contributed by atoms with van der Waals surface area (Å²) in [6, 6.07) is 6.96. The van der Waals surface area contributed by atoms with Crippen LogP contribution in [0.5, 0.6) is 5.75 Å². The van der Waals surface area contributed by atoms with Crippen LogP contribution >= 0.6 is 0 Å². The summed E-state index contributed by atoms with van der Waals surface area (Å²) < 4.78 is 15.8. The summed E-state index contributed by atoms with van der Waals surface area (Å²) in [4.78, 5) is 23.0. The van der Waals surface area contributed by atoms with Crippen LogP contribution in [0.3, 0.4) is 0 Å². The maximum atomic E-state index is 11.6. The van der Waals surface area contributed by atoms with Crippen molar-refractivity contribution in [3.8, 4) is 5.75 Å². The summed E-state index contributed by atoms with van der Waals surface area (Å²) in [5, 5.41) is 2.75. The summed E-state index contributed by atoms with van der Waals surface area (Å²) in [5.41, 5.74) is 0.0623. The smallest absolute Gasteiger partial charge is 0.407 e. The maximum absolute atomic E-state index is 11.6. The Morgan fingerprint density at radius 2 is 1.65 bits per heavy atom. The van der Waals surface area contributed by atoms with Gasteiger partial charge in [0.05, 0.1) is 18.8 Å². The second-order valence-corrected chi connectivity index (χ2v) is 6.94. The van der Waals surface area contributed by atoms with Crippen molar-refractivity contribution < 1.29 is 23.8 Å². The highest BCUT2D eigenvalue weighted by Gasteiger charge is 2.15. The zero-order valence-electron chi connectivity index (χ0n) is 16.3. The summed E-state index contributed by atoms with van der Waals surface area (Å²) in [6.45, 7) is 8.92. The number of amides is 1. The van der Waals surface area contributed by atoms with Crippen LogP contribution in [0, 0.1) is 0 Å². The lowest BCUT2D eigenvalue weighted by molar-refractivity contribution is 0.0516. The number of alkyl carbamates (subject to hydrolysis) is 1. The standard InChI is InChI=1S/C20H31NO5/c1-5-24-18(22)16-10-12-17(13-11-16)25-15-9-7-6-8-14-21-19(23)26-20(2,3)4/h10-13H,5-9,14-15H2,1-4H3,(H,21,23). The zero-order chi connectivity index (χ0) is 19.4. The van der Waals surface area contributed by atoms with Gasteiger partial charge in [0.15, 0.2) is 0 Å². The van der Waals surface area contributed by atoms with Gasteiger partial charge in [0.25, 0.3) is 0 Å². The van der Waals surface area contributed by atoms with Crippen LogP contribution in [0.25, 0.3) is 0 Å². The van der Waals surface area contributed by atoms with Gasteiger partial charge in [-0.25, -0.2) is 9.59 Å². The van der Waals surface area contributed by atoms with E-state index in [1.165, 1.54) is 0 Å². The minimum Gasteiger partial charge on any atom is -0.494 e. The maximum Gasteiger partial charge on any atom is 0.407 e. The Hall–Kier alpha value is -2.24. The molecule has 26 heavy (non-hydrogen) atoms. The van der Waals surface area contributed by atoms with Crippen molar-refractivity contribution >= 4 is 12.1 Å². The molecule has 0 saturated carbocycles. The number of carbonyl (C=O) groups is 2. The SMILES string of the molecule is CCOC(=O)c1ccc(OCCCCCCNC(=O)OC(C)(C)C)cc1. The lowest BCUT2D eigenvalue weighted by Crippen LogP contribution is -2.32. The molecule has 1 amide bonds. The third-order valence-corrected chi connectivity index (χ3v) is 3.37. The van der Waals surface area contributed by atoms with E-state index in [2.05, 4.69) is 5.32 Å². The predicted molar refractivity (Wildman–Crippen MR) is 101 cm³/mol. The van der Waals surface area contributed by atoms with E-state index >= 15 is 0 Å². The van der Waals surface area contributed by atoms with Crippen molar-refractivity contribution in [3.05, 3.63) is 29.8 Å². The summed E-state index contributed by atoms with van der Waals surface area (Å²) in [7, 11) is 0. The minimum atomic E-state index is -0.462. The molecule has 0 aromatic heterocycles. The highest BCUT2D eigenvalue weighted by molar-refractivity contribution is 5.89. The summed E-state index contributed by atoms with van der Waals surface area (Å²) in [5.74, 6) is 0.420. The Bertz CT molecular complexity index is 548. The number of carbonyl (C=O) groups excluding carboxylic acids is 2. The third kappa shape index (κ3) is 9.91. The molecule has 6 nitrogen and oxygen atoms in total. The number of esters is 1. The van der Waals surface area contributed by atoms with E-state index in [1.54, 1.807) is 31.2 Å².